The Morgan fingerprint density at radius 2 is 2.05 bits per heavy atom. The monoisotopic (exact) mass is 310 g/mol. The van der Waals surface area contributed by atoms with E-state index in [2.05, 4.69) is 5.32 Å². The van der Waals surface area contributed by atoms with Crippen molar-refractivity contribution in [2.45, 2.75) is 23.5 Å². The average molecular weight is 310 g/mol. The summed E-state index contributed by atoms with van der Waals surface area (Å²) in [6, 6.07) is 3.64. The molecule has 1 aromatic carbocycles. The van der Waals surface area contributed by atoms with Gasteiger partial charge in [0.25, 0.3) is 0 Å². The number of sulfonamides is 1. The van der Waals surface area contributed by atoms with E-state index < -0.39 is 21.6 Å². The van der Waals surface area contributed by atoms with Gasteiger partial charge < -0.3 is 4.74 Å². The first kappa shape index (κ1) is 15.0. The Hall–Kier alpha value is -0.955. The molecule has 1 N–H and O–H groups in total. The van der Waals surface area contributed by atoms with Gasteiger partial charge in [-0.3, -0.25) is 5.32 Å². The molecule has 2 radical (unpaired) electrons. The normalized spacial score (nSPS) is 22.7. The van der Waals surface area contributed by atoms with E-state index in [1.807, 2.05) is 0 Å². The standard InChI is InChI=1S/C13H16BFN2O3S/c14-10-1-2-12(11(15)9-10)21(18,19)17-6-3-13(4-7-17)16-5-8-20-13/h1-2,9,16H,3-8H2. The smallest absolute Gasteiger partial charge is 0.245 e. The van der Waals surface area contributed by atoms with Gasteiger partial charge in [-0.2, -0.15) is 4.31 Å². The molecular formula is C13H16BFN2O3S. The summed E-state index contributed by atoms with van der Waals surface area (Å²) >= 11 is 0. The Balaban J connectivity index is 1.80. The van der Waals surface area contributed by atoms with Crippen molar-refractivity contribution in [1.29, 1.82) is 0 Å². The van der Waals surface area contributed by atoms with E-state index in [1.165, 1.54) is 16.4 Å². The molecule has 0 amide bonds. The van der Waals surface area contributed by atoms with Crippen molar-refractivity contribution in [2.75, 3.05) is 26.2 Å². The van der Waals surface area contributed by atoms with Gasteiger partial charge in [0.2, 0.25) is 10.0 Å². The number of halogens is 1. The maximum Gasteiger partial charge on any atom is 0.245 e. The molecule has 0 unspecified atom stereocenters. The fourth-order valence-electron chi connectivity index (χ4n) is 2.85. The molecule has 1 spiro atoms. The second kappa shape index (κ2) is 5.35. The lowest BCUT2D eigenvalue weighted by atomic mass is 9.97. The van der Waals surface area contributed by atoms with Crippen LogP contribution in [0, 0.1) is 5.82 Å². The number of nitrogens with zero attached hydrogens (tertiary/aromatic N) is 1. The zero-order valence-electron chi connectivity index (χ0n) is 11.5. The predicted octanol–water partition coefficient (Wildman–Crippen LogP) is -0.280. The lowest BCUT2D eigenvalue weighted by molar-refractivity contribution is -0.0446. The van der Waals surface area contributed by atoms with Crippen LogP contribution < -0.4 is 10.8 Å². The van der Waals surface area contributed by atoms with Crippen LogP contribution in [0.1, 0.15) is 12.8 Å². The largest absolute Gasteiger partial charge is 0.359 e. The van der Waals surface area contributed by atoms with E-state index in [0.717, 1.165) is 12.6 Å². The van der Waals surface area contributed by atoms with E-state index in [-0.39, 0.29) is 10.4 Å². The summed E-state index contributed by atoms with van der Waals surface area (Å²) in [7, 11) is 1.62. The summed E-state index contributed by atoms with van der Waals surface area (Å²) in [6.45, 7) is 2.02. The number of benzene rings is 1. The molecule has 0 aliphatic carbocycles. The van der Waals surface area contributed by atoms with Crippen molar-refractivity contribution in [3.63, 3.8) is 0 Å². The summed E-state index contributed by atoms with van der Waals surface area (Å²) in [5.74, 6) is -0.814. The van der Waals surface area contributed by atoms with Crippen LogP contribution in [0.15, 0.2) is 23.1 Å². The zero-order chi connectivity index (χ0) is 15.1. The van der Waals surface area contributed by atoms with Crippen LogP contribution in [-0.2, 0) is 14.8 Å². The Kier molecular flexibility index (Phi) is 3.81. The number of nitrogens with one attached hydrogen (secondary N) is 1. The fourth-order valence-corrected chi connectivity index (χ4v) is 4.34. The highest BCUT2D eigenvalue weighted by Crippen LogP contribution is 2.30. The van der Waals surface area contributed by atoms with Crippen molar-refractivity contribution in [1.82, 2.24) is 9.62 Å². The van der Waals surface area contributed by atoms with E-state index in [4.69, 9.17) is 12.6 Å². The molecule has 1 aromatic rings. The maximum absolute atomic E-state index is 13.9. The molecule has 0 atom stereocenters. The first-order chi connectivity index (χ1) is 9.93. The fraction of sp³-hybridized carbons (Fsp3) is 0.538. The SMILES string of the molecule is [B]c1ccc(S(=O)(=O)N2CCC3(CC2)NCCO3)c(F)c1. The molecule has 0 saturated carbocycles. The number of hydrogen-bond donors (Lipinski definition) is 1. The molecule has 2 fully saturated rings. The van der Waals surface area contributed by atoms with Crippen LogP contribution in [-0.4, -0.2) is 52.5 Å². The van der Waals surface area contributed by atoms with Gasteiger partial charge in [-0.1, -0.05) is 11.5 Å². The van der Waals surface area contributed by atoms with Crippen molar-refractivity contribution >= 4 is 23.3 Å². The summed E-state index contributed by atoms with van der Waals surface area (Å²) in [6.07, 6.45) is 1.12. The number of rotatable bonds is 2. The highest BCUT2D eigenvalue weighted by Gasteiger charge is 2.41. The summed E-state index contributed by atoms with van der Waals surface area (Å²) in [5.41, 5.74) is -0.210. The van der Waals surface area contributed by atoms with E-state index in [1.54, 1.807) is 0 Å². The number of hydrogen-bond acceptors (Lipinski definition) is 4. The molecule has 3 rings (SSSR count). The summed E-state index contributed by atoms with van der Waals surface area (Å²) in [5, 5.41) is 3.27. The molecular weight excluding hydrogens is 294 g/mol. The third kappa shape index (κ3) is 2.73. The molecule has 2 saturated heterocycles. The Bertz CT molecular complexity index is 637. The van der Waals surface area contributed by atoms with E-state index in [9.17, 15) is 12.8 Å². The highest BCUT2D eigenvalue weighted by atomic mass is 32.2. The molecule has 0 bridgehead atoms. The minimum absolute atomic E-state index is 0.201. The third-order valence-electron chi connectivity index (χ3n) is 4.03. The van der Waals surface area contributed by atoms with Crippen molar-refractivity contribution in [3.05, 3.63) is 24.0 Å². The van der Waals surface area contributed by atoms with Gasteiger partial charge in [-0.25, -0.2) is 12.8 Å². The molecule has 21 heavy (non-hydrogen) atoms. The van der Waals surface area contributed by atoms with Gasteiger partial charge in [0.1, 0.15) is 24.3 Å². The molecule has 2 heterocycles. The topological polar surface area (TPSA) is 58.6 Å². The lowest BCUT2D eigenvalue weighted by Gasteiger charge is -2.37. The van der Waals surface area contributed by atoms with E-state index in [0.29, 0.717) is 32.5 Å². The maximum atomic E-state index is 13.9. The Morgan fingerprint density at radius 3 is 2.62 bits per heavy atom. The molecule has 0 aromatic heterocycles. The van der Waals surface area contributed by atoms with Gasteiger partial charge in [0.05, 0.1) is 6.61 Å². The van der Waals surface area contributed by atoms with Crippen molar-refractivity contribution in [2.24, 2.45) is 0 Å². The van der Waals surface area contributed by atoms with Gasteiger partial charge in [-0.05, 0) is 12.1 Å². The number of ether oxygens (including phenoxy) is 1. The molecule has 2 aliphatic rings. The van der Waals surface area contributed by atoms with Crippen molar-refractivity contribution in [3.8, 4) is 0 Å². The van der Waals surface area contributed by atoms with Gasteiger partial charge in [0.15, 0.2) is 0 Å². The average Bonchev–Trinajstić information content (AvgIpc) is 2.87. The van der Waals surface area contributed by atoms with Crippen LogP contribution in [0.2, 0.25) is 0 Å². The zero-order valence-corrected chi connectivity index (χ0v) is 12.3. The molecule has 5 nitrogen and oxygen atoms in total. The predicted molar refractivity (Wildman–Crippen MR) is 76.5 cm³/mol. The minimum Gasteiger partial charge on any atom is -0.359 e. The molecule has 2 aliphatic heterocycles. The van der Waals surface area contributed by atoms with Gasteiger partial charge >= 0.3 is 0 Å². The minimum atomic E-state index is -3.84. The van der Waals surface area contributed by atoms with Crippen LogP contribution in [0.4, 0.5) is 4.39 Å². The first-order valence-corrected chi connectivity index (χ1v) is 8.31. The Labute approximate surface area is 124 Å². The lowest BCUT2D eigenvalue weighted by Crippen LogP contribution is -2.52. The van der Waals surface area contributed by atoms with E-state index >= 15 is 0 Å². The Morgan fingerprint density at radius 1 is 1.33 bits per heavy atom. The van der Waals surface area contributed by atoms with Gasteiger partial charge in [0, 0.05) is 32.5 Å². The van der Waals surface area contributed by atoms with Crippen LogP contribution in [0.25, 0.3) is 0 Å². The van der Waals surface area contributed by atoms with Crippen molar-refractivity contribution < 1.29 is 17.5 Å². The van der Waals surface area contributed by atoms with Crippen LogP contribution >= 0.6 is 0 Å². The van der Waals surface area contributed by atoms with Crippen LogP contribution in [0.5, 0.6) is 0 Å². The quantitative estimate of drug-likeness (QED) is 0.764. The molecule has 112 valence electrons. The number of piperidine rings is 1. The second-order valence-electron chi connectivity index (χ2n) is 5.36. The first-order valence-electron chi connectivity index (χ1n) is 6.87. The summed E-state index contributed by atoms with van der Waals surface area (Å²) < 4.78 is 45.9. The van der Waals surface area contributed by atoms with Gasteiger partial charge in [-0.15, -0.1) is 0 Å². The second-order valence-corrected chi connectivity index (χ2v) is 7.27. The molecule has 8 heteroatoms. The highest BCUT2D eigenvalue weighted by molar-refractivity contribution is 7.89. The third-order valence-corrected chi connectivity index (χ3v) is 5.96. The summed E-state index contributed by atoms with van der Waals surface area (Å²) in [4.78, 5) is -0.326. The van der Waals surface area contributed by atoms with Crippen LogP contribution in [0.3, 0.4) is 0 Å².